The molecule has 0 saturated carbocycles. The highest BCUT2D eigenvalue weighted by Crippen LogP contribution is 2.24. The van der Waals surface area contributed by atoms with E-state index < -0.39 is 0 Å². The van der Waals surface area contributed by atoms with Crippen molar-refractivity contribution >= 4 is 45.1 Å². The van der Waals surface area contributed by atoms with Gasteiger partial charge in [0, 0.05) is 28.0 Å². The topological polar surface area (TPSA) is 94.6 Å². The van der Waals surface area contributed by atoms with Gasteiger partial charge in [-0.1, -0.05) is 36.4 Å². The van der Waals surface area contributed by atoms with Crippen molar-refractivity contribution in [2.75, 3.05) is 5.43 Å². The Labute approximate surface area is 148 Å². The molecule has 3 heterocycles. The maximum absolute atomic E-state index is 4.47. The summed E-state index contributed by atoms with van der Waals surface area (Å²) in [5, 5.41) is 14.8. The van der Waals surface area contributed by atoms with Crippen LogP contribution in [-0.2, 0) is 0 Å². The molecule has 2 aromatic carbocycles. The second kappa shape index (κ2) is 5.66. The molecule has 0 unspecified atom stereocenters. The van der Waals surface area contributed by atoms with Crippen LogP contribution in [0, 0.1) is 6.92 Å². The second-order valence-electron chi connectivity index (χ2n) is 6.11. The molecule has 126 valence electrons. The molecular formula is C19H15N7. The van der Waals surface area contributed by atoms with Gasteiger partial charge in [-0.3, -0.25) is 0 Å². The Kier molecular flexibility index (Phi) is 3.18. The molecule has 3 aromatic heterocycles. The molecule has 7 heteroatoms. The van der Waals surface area contributed by atoms with Crippen LogP contribution in [0.3, 0.4) is 0 Å². The van der Waals surface area contributed by atoms with Crippen LogP contribution in [0.4, 0.5) is 5.95 Å². The lowest BCUT2D eigenvalue weighted by molar-refractivity contribution is 1.01. The summed E-state index contributed by atoms with van der Waals surface area (Å²) >= 11 is 0. The number of anilines is 1. The molecule has 0 aliphatic heterocycles. The lowest BCUT2D eigenvalue weighted by atomic mass is 10.1. The van der Waals surface area contributed by atoms with E-state index in [-0.39, 0.29) is 0 Å². The number of aromatic nitrogens is 5. The Balaban J connectivity index is 1.46. The molecule has 0 radical (unpaired) electrons. The van der Waals surface area contributed by atoms with Gasteiger partial charge in [0.05, 0.1) is 11.7 Å². The normalized spacial score (nSPS) is 11.9. The highest BCUT2D eigenvalue weighted by atomic mass is 15.4. The molecule has 0 atom stereocenters. The number of rotatable bonds is 3. The van der Waals surface area contributed by atoms with Crippen molar-refractivity contribution in [1.82, 2.24) is 25.1 Å². The van der Waals surface area contributed by atoms with E-state index in [1.807, 2.05) is 42.6 Å². The summed E-state index contributed by atoms with van der Waals surface area (Å²) in [5.74, 6) is 0.345. The number of aryl methyl sites for hydroxylation is 1. The van der Waals surface area contributed by atoms with Gasteiger partial charge in [-0.2, -0.15) is 10.1 Å². The predicted molar refractivity (Wildman–Crippen MR) is 103 cm³/mol. The van der Waals surface area contributed by atoms with Gasteiger partial charge in [-0.15, -0.1) is 10.2 Å². The van der Waals surface area contributed by atoms with E-state index in [1.54, 1.807) is 6.21 Å². The Morgan fingerprint density at radius 2 is 1.92 bits per heavy atom. The van der Waals surface area contributed by atoms with Crippen molar-refractivity contribution < 1.29 is 0 Å². The average Bonchev–Trinajstić information content (AvgIpc) is 3.24. The zero-order valence-electron chi connectivity index (χ0n) is 14.0. The summed E-state index contributed by atoms with van der Waals surface area (Å²) in [4.78, 5) is 11.0. The number of hydrogen-bond acceptors (Lipinski definition) is 5. The molecule has 0 saturated heterocycles. The lowest BCUT2D eigenvalue weighted by Gasteiger charge is -1.97. The largest absolute Gasteiger partial charge is 0.361 e. The number of H-pyrrole nitrogens is 2. The number of aromatic amines is 2. The van der Waals surface area contributed by atoms with Crippen molar-refractivity contribution in [2.24, 2.45) is 5.10 Å². The van der Waals surface area contributed by atoms with Crippen LogP contribution < -0.4 is 5.43 Å². The van der Waals surface area contributed by atoms with E-state index in [1.165, 1.54) is 0 Å². The first kappa shape index (κ1) is 14.6. The summed E-state index contributed by atoms with van der Waals surface area (Å²) in [6, 6.07) is 14.1. The Hall–Kier alpha value is -3.74. The predicted octanol–water partition coefficient (Wildman–Crippen LogP) is 3.74. The first-order valence-corrected chi connectivity index (χ1v) is 8.26. The third-order valence-corrected chi connectivity index (χ3v) is 4.45. The number of nitrogens with one attached hydrogen (secondary N) is 3. The van der Waals surface area contributed by atoms with Crippen molar-refractivity contribution in [3.8, 4) is 0 Å². The molecule has 7 nitrogen and oxygen atoms in total. The number of hydrazone groups is 1. The molecule has 26 heavy (non-hydrogen) atoms. The van der Waals surface area contributed by atoms with E-state index in [2.05, 4.69) is 48.7 Å². The molecule has 5 aromatic rings. The van der Waals surface area contributed by atoms with Crippen LogP contribution in [0.5, 0.6) is 0 Å². The maximum atomic E-state index is 4.47. The molecule has 0 aliphatic rings. The summed E-state index contributed by atoms with van der Waals surface area (Å²) < 4.78 is 0. The summed E-state index contributed by atoms with van der Waals surface area (Å²) in [6.07, 6.45) is 3.65. The molecule has 5 rings (SSSR count). The first-order chi connectivity index (χ1) is 12.8. The van der Waals surface area contributed by atoms with Crippen LogP contribution in [0.2, 0.25) is 0 Å². The third kappa shape index (κ3) is 2.29. The quantitative estimate of drug-likeness (QED) is 0.344. The lowest BCUT2D eigenvalue weighted by Crippen LogP contribution is -1.98. The molecule has 0 bridgehead atoms. The molecule has 0 aliphatic carbocycles. The number of hydrogen-bond donors (Lipinski definition) is 3. The smallest absolute Gasteiger partial charge is 0.265 e. The molecule has 0 spiro atoms. The van der Waals surface area contributed by atoms with Gasteiger partial charge >= 0.3 is 0 Å². The number of fused-ring (bicyclic) bond motifs is 4. The maximum Gasteiger partial charge on any atom is 0.265 e. The fraction of sp³-hybridized carbons (Fsp3) is 0.0526. The minimum Gasteiger partial charge on any atom is -0.361 e. The van der Waals surface area contributed by atoms with Crippen LogP contribution >= 0.6 is 0 Å². The number of para-hydroxylation sites is 2. The van der Waals surface area contributed by atoms with Gasteiger partial charge in [0.25, 0.3) is 5.95 Å². The molecule has 0 amide bonds. The van der Waals surface area contributed by atoms with Crippen molar-refractivity contribution in [1.29, 1.82) is 0 Å². The van der Waals surface area contributed by atoms with Gasteiger partial charge in [0.2, 0.25) is 0 Å². The van der Waals surface area contributed by atoms with Gasteiger partial charge in [0.1, 0.15) is 5.52 Å². The zero-order valence-corrected chi connectivity index (χ0v) is 14.0. The van der Waals surface area contributed by atoms with E-state index in [0.717, 1.165) is 38.4 Å². The van der Waals surface area contributed by atoms with Crippen molar-refractivity contribution in [2.45, 2.75) is 6.92 Å². The number of nitrogens with zero attached hydrogens (tertiary/aromatic N) is 4. The highest BCUT2D eigenvalue weighted by Gasteiger charge is 2.10. The Bertz CT molecular complexity index is 1280. The van der Waals surface area contributed by atoms with E-state index in [4.69, 9.17) is 0 Å². The fourth-order valence-electron chi connectivity index (χ4n) is 3.15. The SMILES string of the molecule is Cc1cccc2c1[nH]c1nc(N/N=C\c3c[nH]c4ccccc34)nnc12. The first-order valence-electron chi connectivity index (χ1n) is 8.26. The molecule has 0 fully saturated rings. The van der Waals surface area contributed by atoms with Crippen LogP contribution in [0.15, 0.2) is 53.8 Å². The van der Waals surface area contributed by atoms with Gasteiger partial charge in [-0.05, 0) is 18.6 Å². The minimum atomic E-state index is 0.345. The highest BCUT2D eigenvalue weighted by molar-refractivity contribution is 6.04. The second-order valence-corrected chi connectivity index (χ2v) is 6.11. The molecular weight excluding hydrogens is 326 g/mol. The Morgan fingerprint density at radius 1 is 1.04 bits per heavy atom. The third-order valence-electron chi connectivity index (χ3n) is 4.45. The van der Waals surface area contributed by atoms with E-state index in [9.17, 15) is 0 Å². The standard InChI is InChI=1S/C19H15N7/c1-11-5-4-7-14-16(11)22-18-17(14)24-26-19(23-18)25-21-10-12-9-20-15-8-3-2-6-13(12)15/h2-10,20H,1H3,(H2,22,23,25,26)/b21-10-. The van der Waals surface area contributed by atoms with Crippen LogP contribution in [0.1, 0.15) is 11.1 Å². The van der Waals surface area contributed by atoms with Crippen molar-refractivity contribution in [3.63, 3.8) is 0 Å². The van der Waals surface area contributed by atoms with Crippen LogP contribution in [-0.4, -0.2) is 31.4 Å². The molecule has 3 N–H and O–H groups in total. The van der Waals surface area contributed by atoms with Gasteiger partial charge < -0.3 is 9.97 Å². The summed E-state index contributed by atoms with van der Waals surface area (Å²) in [5.41, 5.74) is 8.54. The summed E-state index contributed by atoms with van der Waals surface area (Å²) in [7, 11) is 0. The van der Waals surface area contributed by atoms with Gasteiger partial charge in [0.15, 0.2) is 5.65 Å². The Morgan fingerprint density at radius 3 is 2.88 bits per heavy atom. The zero-order chi connectivity index (χ0) is 17.5. The van der Waals surface area contributed by atoms with E-state index >= 15 is 0 Å². The number of benzene rings is 2. The minimum absolute atomic E-state index is 0.345. The average molecular weight is 341 g/mol. The van der Waals surface area contributed by atoms with Crippen molar-refractivity contribution in [3.05, 3.63) is 59.8 Å². The van der Waals surface area contributed by atoms with Crippen LogP contribution in [0.25, 0.3) is 33.0 Å². The monoisotopic (exact) mass is 341 g/mol. The summed E-state index contributed by atoms with van der Waals surface area (Å²) in [6.45, 7) is 2.05. The van der Waals surface area contributed by atoms with E-state index in [0.29, 0.717) is 11.6 Å². The fourth-order valence-corrected chi connectivity index (χ4v) is 3.15. The van der Waals surface area contributed by atoms with Gasteiger partial charge in [-0.25, -0.2) is 5.43 Å².